The Morgan fingerprint density at radius 2 is 2.05 bits per heavy atom. The lowest BCUT2D eigenvalue weighted by atomic mass is 10.2. The van der Waals surface area contributed by atoms with Gasteiger partial charge in [0, 0.05) is 23.9 Å². The number of rotatable bonds is 2. The Kier molecular flexibility index (Phi) is 3.39. The summed E-state index contributed by atoms with van der Waals surface area (Å²) in [5, 5.41) is 1.48. The second-order valence-corrected chi connectivity index (χ2v) is 8.54. The molecule has 1 aliphatic carbocycles. The molecule has 1 aromatic rings. The molecule has 2 heterocycles. The van der Waals surface area contributed by atoms with Crippen molar-refractivity contribution < 1.29 is 13.2 Å². The van der Waals surface area contributed by atoms with E-state index in [0.29, 0.717) is 19.5 Å². The SMILES string of the molecule is O=C(C1CC1)N1CC[C@H](c2cccs2)S(=O)(=O)CC1. The van der Waals surface area contributed by atoms with Gasteiger partial charge in [0.05, 0.1) is 11.0 Å². The molecule has 104 valence electrons. The molecule has 2 aliphatic rings. The molecular formula is C13H17NO3S2. The van der Waals surface area contributed by atoms with Gasteiger partial charge in [-0.3, -0.25) is 4.79 Å². The van der Waals surface area contributed by atoms with Crippen LogP contribution in [0.4, 0.5) is 0 Å². The lowest BCUT2D eigenvalue weighted by Gasteiger charge is -2.19. The minimum absolute atomic E-state index is 0.0913. The van der Waals surface area contributed by atoms with Crippen LogP contribution in [0.5, 0.6) is 0 Å². The third kappa shape index (κ3) is 2.69. The third-order valence-electron chi connectivity index (χ3n) is 3.84. The average Bonchev–Trinajstić information content (AvgIpc) is 3.12. The number of hydrogen-bond donors (Lipinski definition) is 0. The summed E-state index contributed by atoms with van der Waals surface area (Å²) >= 11 is 1.49. The van der Waals surface area contributed by atoms with Crippen molar-refractivity contribution in [2.24, 2.45) is 5.92 Å². The van der Waals surface area contributed by atoms with Crippen LogP contribution >= 0.6 is 11.3 Å². The molecule has 4 nitrogen and oxygen atoms in total. The molecule has 0 unspecified atom stereocenters. The number of carbonyl (C=O) groups excluding carboxylic acids is 1. The standard InChI is InChI=1S/C13H17NO3S2/c15-13(10-3-4-10)14-6-5-12(11-2-1-8-18-11)19(16,17)9-7-14/h1-2,8,10,12H,3-7,9H2/t12-/m1/s1. The molecule has 1 aliphatic heterocycles. The van der Waals surface area contributed by atoms with Gasteiger partial charge in [-0.15, -0.1) is 11.3 Å². The van der Waals surface area contributed by atoms with E-state index < -0.39 is 15.1 Å². The summed E-state index contributed by atoms with van der Waals surface area (Å²) in [5.74, 6) is 0.414. The molecule has 0 N–H and O–H groups in total. The van der Waals surface area contributed by atoms with Crippen LogP contribution in [0.25, 0.3) is 0 Å². The first kappa shape index (κ1) is 13.1. The minimum atomic E-state index is -3.14. The van der Waals surface area contributed by atoms with Gasteiger partial charge in [0.15, 0.2) is 9.84 Å². The van der Waals surface area contributed by atoms with Crippen LogP contribution in [0, 0.1) is 5.92 Å². The van der Waals surface area contributed by atoms with Gasteiger partial charge in [-0.2, -0.15) is 0 Å². The van der Waals surface area contributed by atoms with Gasteiger partial charge in [-0.05, 0) is 30.7 Å². The quantitative estimate of drug-likeness (QED) is 0.837. The van der Waals surface area contributed by atoms with Crippen molar-refractivity contribution in [2.75, 3.05) is 18.8 Å². The van der Waals surface area contributed by atoms with Crippen LogP contribution in [0.1, 0.15) is 29.4 Å². The number of amides is 1. The van der Waals surface area contributed by atoms with Crippen LogP contribution in [-0.2, 0) is 14.6 Å². The normalized spacial score (nSPS) is 26.9. The largest absolute Gasteiger partial charge is 0.341 e. The topological polar surface area (TPSA) is 54.5 Å². The zero-order valence-corrected chi connectivity index (χ0v) is 12.3. The average molecular weight is 299 g/mol. The molecule has 1 aromatic heterocycles. The third-order valence-corrected chi connectivity index (χ3v) is 7.08. The summed E-state index contributed by atoms with van der Waals surface area (Å²) in [6, 6.07) is 3.76. The summed E-state index contributed by atoms with van der Waals surface area (Å²) in [6.07, 6.45) is 2.47. The Morgan fingerprint density at radius 3 is 2.68 bits per heavy atom. The minimum Gasteiger partial charge on any atom is -0.341 e. The Hall–Kier alpha value is -0.880. The summed E-state index contributed by atoms with van der Waals surface area (Å²) in [4.78, 5) is 14.7. The lowest BCUT2D eigenvalue weighted by Crippen LogP contribution is -2.34. The predicted molar refractivity (Wildman–Crippen MR) is 74.8 cm³/mol. The van der Waals surface area contributed by atoms with Crippen molar-refractivity contribution in [1.82, 2.24) is 4.90 Å². The lowest BCUT2D eigenvalue weighted by molar-refractivity contribution is -0.132. The van der Waals surface area contributed by atoms with Gasteiger partial charge in [-0.1, -0.05) is 6.07 Å². The van der Waals surface area contributed by atoms with Gasteiger partial charge < -0.3 is 4.90 Å². The molecule has 0 aromatic carbocycles. The maximum atomic E-state index is 12.3. The summed E-state index contributed by atoms with van der Waals surface area (Å²) in [7, 11) is -3.14. The maximum Gasteiger partial charge on any atom is 0.225 e. The first-order chi connectivity index (χ1) is 9.08. The molecule has 2 fully saturated rings. The number of sulfone groups is 1. The number of nitrogens with zero attached hydrogens (tertiary/aromatic N) is 1. The van der Waals surface area contributed by atoms with E-state index in [0.717, 1.165) is 17.7 Å². The highest BCUT2D eigenvalue weighted by Gasteiger charge is 2.37. The van der Waals surface area contributed by atoms with Gasteiger partial charge in [0.1, 0.15) is 0 Å². The Labute approximate surface area is 117 Å². The van der Waals surface area contributed by atoms with Crippen molar-refractivity contribution in [2.45, 2.75) is 24.5 Å². The van der Waals surface area contributed by atoms with E-state index in [9.17, 15) is 13.2 Å². The molecule has 0 spiro atoms. The Morgan fingerprint density at radius 1 is 1.26 bits per heavy atom. The summed E-state index contributed by atoms with van der Waals surface area (Å²) in [5.41, 5.74) is 0. The highest BCUT2D eigenvalue weighted by molar-refractivity contribution is 7.91. The van der Waals surface area contributed by atoms with E-state index in [-0.39, 0.29) is 17.6 Å². The van der Waals surface area contributed by atoms with E-state index in [2.05, 4.69) is 0 Å². The van der Waals surface area contributed by atoms with E-state index >= 15 is 0 Å². The fourth-order valence-electron chi connectivity index (χ4n) is 2.55. The molecule has 3 rings (SSSR count). The van der Waals surface area contributed by atoms with Crippen LogP contribution in [0.15, 0.2) is 17.5 Å². The van der Waals surface area contributed by atoms with Crippen molar-refractivity contribution in [3.8, 4) is 0 Å². The smallest absolute Gasteiger partial charge is 0.225 e. The first-order valence-electron chi connectivity index (χ1n) is 6.62. The molecule has 19 heavy (non-hydrogen) atoms. The van der Waals surface area contributed by atoms with Gasteiger partial charge in [-0.25, -0.2) is 8.42 Å². The fraction of sp³-hybridized carbons (Fsp3) is 0.615. The Bertz CT molecular complexity index is 561. The molecule has 0 radical (unpaired) electrons. The van der Waals surface area contributed by atoms with Crippen LogP contribution in [0.3, 0.4) is 0 Å². The molecule has 1 amide bonds. The van der Waals surface area contributed by atoms with Crippen molar-refractivity contribution in [1.29, 1.82) is 0 Å². The van der Waals surface area contributed by atoms with Crippen molar-refractivity contribution in [3.05, 3.63) is 22.4 Å². The molecule has 0 bridgehead atoms. The number of hydrogen-bond acceptors (Lipinski definition) is 4. The van der Waals surface area contributed by atoms with E-state index in [1.165, 1.54) is 11.3 Å². The number of carbonyl (C=O) groups is 1. The fourth-order valence-corrected chi connectivity index (χ4v) is 5.55. The van der Waals surface area contributed by atoms with E-state index in [1.807, 2.05) is 17.5 Å². The summed E-state index contributed by atoms with van der Waals surface area (Å²) < 4.78 is 24.6. The molecule has 1 saturated carbocycles. The molecule has 1 atom stereocenters. The van der Waals surface area contributed by atoms with Crippen LogP contribution < -0.4 is 0 Å². The van der Waals surface area contributed by atoms with Gasteiger partial charge >= 0.3 is 0 Å². The predicted octanol–water partition coefficient (Wildman–Crippen LogP) is 1.85. The molecule has 1 saturated heterocycles. The van der Waals surface area contributed by atoms with Crippen LogP contribution in [0.2, 0.25) is 0 Å². The summed E-state index contributed by atoms with van der Waals surface area (Å²) in [6.45, 7) is 0.927. The Balaban J connectivity index is 1.79. The van der Waals surface area contributed by atoms with Gasteiger partial charge in [0.25, 0.3) is 0 Å². The zero-order chi connectivity index (χ0) is 13.5. The highest BCUT2D eigenvalue weighted by atomic mass is 32.2. The highest BCUT2D eigenvalue weighted by Crippen LogP contribution is 2.35. The maximum absolute atomic E-state index is 12.3. The van der Waals surface area contributed by atoms with E-state index in [4.69, 9.17) is 0 Å². The second kappa shape index (κ2) is 4.90. The first-order valence-corrected chi connectivity index (χ1v) is 9.21. The monoisotopic (exact) mass is 299 g/mol. The molecule has 6 heteroatoms. The molecular weight excluding hydrogens is 282 g/mol. The van der Waals surface area contributed by atoms with Crippen molar-refractivity contribution in [3.63, 3.8) is 0 Å². The zero-order valence-electron chi connectivity index (χ0n) is 10.6. The number of thiophene rings is 1. The van der Waals surface area contributed by atoms with Crippen LogP contribution in [-0.4, -0.2) is 38.1 Å². The van der Waals surface area contributed by atoms with Gasteiger partial charge in [0.2, 0.25) is 5.91 Å². The van der Waals surface area contributed by atoms with Crippen molar-refractivity contribution >= 4 is 27.1 Å². The second-order valence-electron chi connectivity index (χ2n) is 5.26. The van der Waals surface area contributed by atoms with E-state index in [1.54, 1.807) is 4.90 Å².